The second-order valence-electron chi connectivity index (χ2n) is 4.82. The lowest BCUT2D eigenvalue weighted by Crippen LogP contribution is -2.40. The maximum absolute atomic E-state index is 12.4. The van der Waals surface area contributed by atoms with Crippen molar-refractivity contribution in [3.8, 4) is 0 Å². The molecule has 0 spiro atoms. The number of para-hydroxylation sites is 2. The highest BCUT2D eigenvalue weighted by Crippen LogP contribution is 2.32. The van der Waals surface area contributed by atoms with E-state index >= 15 is 0 Å². The first kappa shape index (κ1) is 13.4. The number of nitrogen functional groups attached to an aromatic ring is 1. The minimum absolute atomic E-state index is 0.00889. The summed E-state index contributed by atoms with van der Waals surface area (Å²) in [7, 11) is 0. The second-order valence-corrected chi connectivity index (χ2v) is 4.82. The van der Waals surface area contributed by atoms with Crippen LogP contribution in [0, 0.1) is 5.92 Å². The van der Waals surface area contributed by atoms with Crippen LogP contribution in [0.1, 0.15) is 25.7 Å². The van der Waals surface area contributed by atoms with Crippen LogP contribution in [0.15, 0.2) is 24.3 Å². The zero-order valence-corrected chi connectivity index (χ0v) is 10.7. The molecule has 0 atom stereocenters. The Labute approximate surface area is 112 Å². The van der Waals surface area contributed by atoms with Crippen LogP contribution in [-0.2, 0) is 9.59 Å². The molecule has 1 amide bonds. The van der Waals surface area contributed by atoms with Crippen molar-refractivity contribution in [2.45, 2.75) is 25.7 Å². The van der Waals surface area contributed by atoms with Crippen molar-refractivity contribution < 1.29 is 14.7 Å². The molecular weight excluding hydrogens is 244 g/mol. The maximum Gasteiger partial charge on any atom is 0.305 e. The van der Waals surface area contributed by atoms with E-state index < -0.39 is 5.97 Å². The fourth-order valence-corrected chi connectivity index (χ4v) is 2.17. The summed E-state index contributed by atoms with van der Waals surface area (Å²) in [6.07, 6.45) is 2.75. The van der Waals surface area contributed by atoms with Crippen molar-refractivity contribution in [1.29, 1.82) is 0 Å². The number of amides is 1. The van der Waals surface area contributed by atoms with Gasteiger partial charge in [-0.2, -0.15) is 0 Å². The predicted octanol–water partition coefficient (Wildman–Crippen LogP) is 1.88. The Balaban J connectivity index is 2.20. The largest absolute Gasteiger partial charge is 0.481 e. The van der Waals surface area contributed by atoms with Gasteiger partial charge in [0, 0.05) is 12.5 Å². The third-order valence-corrected chi connectivity index (χ3v) is 3.50. The lowest BCUT2D eigenvalue weighted by molar-refractivity contribution is -0.136. The maximum atomic E-state index is 12.4. The molecule has 5 nitrogen and oxygen atoms in total. The van der Waals surface area contributed by atoms with E-state index in [1.807, 2.05) is 0 Å². The van der Waals surface area contributed by atoms with E-state index in [0.29, 0.717) is 11.4 Å². The molecule has 0 radical (unpaired) electrons. The number of carbonyl (C=O) groups excluding carboxylic acids is 1. The first-order valence-electron chi connectivity index (χ1n) is 6.47. The number of rotatable bonds is 5. The average Bonchev–Trinajstić information content (AvgIpc) is 2.29. The van der Waals surface area contributed by atoms with Crippen molar-refractivity contribution in [2.24, 2.45) is 5.92 Å². The normalized spacial score (nSPS) is 14.7. The van der Waals surface area contributed by atoms with E-state index in [9.17, 15) is 9.59 Å². The zero-order chi connectivity index (χ0) is 13.8. The first-order valence-corrected chi connectivity index (χ1v) is 6.47. The summed E-state index contributed by atoms with van der Waals surface area (Å²) in [6.45, 7) is 0.166. The van der Waals surface area contributed by atoms with Crippen LogP contribution in [0.5, 0.6) is 0 Å². The number of anilines is 2. The van der Waals surface area contributed by atoms with Crippen LogP contribution in [-0.4, -0.2) is 23.5 Å². The van der Waals surface area contributed by atoms with Gasteiger partial charge >= 0.3 is 5.97 Å². The van der Waals surface area contributed by atoms with Gasteiger partial charge in [-0.1, -0.05) is 18.6 Å². The molecule has 1 aliphatic carbocycles. The van der Waals surface area contributed by atoms with Crippen molar-refractivity contribution in [3.05, 3.63) is 24.3 Å². The van der Waals surface area contributed by atoms with Crippen LogP contribution < -0.4 is 10.6 Å². The van der Waals surface area contributed by atoms with Gasteiger partial charge in [0.1, 0.15) is 0 Å². The molecule has 1 saturated carbocycles. The SMILES string of the molecule is Nc1ccccc1N(CCC(=O)O)C(=O)C1CCC1. The quantitative estimate of drug-likeness (QED) is 0.793. The molecule has 0 aliphatic heterocycles. The number of carboxylic acids is 1. The summed E-state index contributed by atoms with van der Waals surface area (Å²) in [5, 5.41) is 8.80. The van der Waals surface area contributed by atoms with Crippen LogP contribution in [0.3, 0.4) is 0 Å². The van der Waals surface area contributed by atoms with Crippen LogP contribution in [0.4, 0.5) is 11.4 Å². The number of hydrogen-bond acceptors (Lipinski definition) is 3. The number of carbonyl (C=O) groups is 2. The third kappa shape index (κ3) is 3.05. The monoisotopic (exact) mass is 262 g/mol. The Kier molecular flexibility index (Phi) is 4.04. The van der Waals surface area contributed by atoms with E-state index in [-0.39, 0.29) is 24.8 Å². The molecule has 0 heterocycles. The second kappa shape index (κ2) is 5.73. The molecule has 0 aromatic heterocycles. The van der Waals surface area contributed by atoms with E-state index in [0.717, 1.165) is 19.3 Å². The highest BCUT2D eigenvalue weighted by Gasteiger charge is 2.30. The lowest BCUT2D eigenvalue weighted by Gasteiger charge is -2.32. The number of nitrogens with zero attached hydrogens (tertiary/aromatic N) is 1. The van der Waals surface area contributed by atoms with Gasteiger partial charge in [-0.05, 0) is 25.0 Å². The molecular formula is C14H18N2O3. The van der Waals surface area contributed by atoms with Gasteiger partial charge in [0.25, 0.3) is 0 Å². The van der Waals surface area contributed by atoms with Crippen molar-refractivity contribution in [2.75, 3.05) is 17.2 Å². The molecule has 19 heavy (non-hydrogen) atoms. The molecule has 1 aromatic carbocycles. The van der Waals surface area contributed by atoms with Crippen molar-refractivity contribution in [3.63, 3.8) is 0 Å². The third-order valence-electron chi connectivity index (χ3n) is 3.50. The van der Waals surface area contributed by atoms with Crippen LogP contribution >= 0.6 is 0 Å². The van der Waals surface area contributed by atoms with Crippen LogP contribution in [0.25, 0.3) is 0 Å². The summed E-state index contributed by atoms with van der Waals surface area (Å²) in [6, 6.07) is 7.07. The highest BCUT2D eigenvalue weighted by atomic mass is 16.4. The topological polar surface area (TPSA) is 83.6 Å². The molecule has 102 valence electrons. The number of benzene rings is 1. The summed E-state index contributed by atoms with van der Waals surface area (Å²) < 4.78 is 0. The number of aliphatic carboxylic acids is 1. The summed E-state index contributed by atoms with van der Waals surface area (Å²) in [5.41, 5.74) is 7.00. The minimum Gasteiger partial charge on any atom is -0.481 e. The Morgan fingerprint density at radius 3 is 2.53 bits per heavy atom. The van der Waals surface area contributed by atoms with Crippen molar-refractivity contribution in [1.82, 2.24) is 0 Å². The molecule has 0 bridgehead atoms. The highest BCUT2D eigenvalue weighted by molar-refractivity contribution is 5.98. The number of nitrogens with two attached hydrogens (primary N) is 1. The van der Waals surface area contributed by atoms with Gasteiger partial charge in [0.2, 0.25) is 5.91 Å². The van der Waals surface area contributed by atoms with Gasteiger partial charge in [-0.15, -0.1) is 0 Å². The fourth-order valence-electron chi connectivity index (χ4n) is 2.17. The average molecular weight is 262 g/mol. The summed E-state index contributed by atoms with van der Waals surface area (Å²) in [4.78, 5) is 24.6. The molecule has 0 unspecified atom stereocenters. The van der Waals surface area contributed by atoms with Gasteiger partial charge in [-0.25, -0.2) is 0 Å². The standard InChI is InChI=1S/C14H18N2O3/c15-11-6-1-2-7-12(11)16(9-8-13(17)18)14(19)10-4-3-5-10/h1-2,6-7,10H,3-5,8-9,15H2,(H,17,18). The Morgan fingerprint density at radius 1 is 1.32 bits per heavy atom. The van der Waals surface area contributed by atoms with Gasteiger partial charge in [0.05, 0.1) is 17.8 Å². The van der Waals surface area contributed by atoms with Crippen molar-refractivity contribution >= 4 is 23.3 Å². The van der Waals surface area contributed by atoms with Gasteiger partial charge in [-0.3, -0.25) is 9.59 Å². The Hall–Kier alpha value is -2.04. The molecule has 2 rings (SSSR count). The van der Waals surface area contributed by atoms with E-state index in [4.69, 9.17) is 10.8 Å². The number of carboxylic acid groups (broad SMARTS) is 1. The first-order chi connectivity index (χ1) is 9.09. The smallest absolute Gasteiger partial charge is 0.305 e. The molecule has 1 aliphatic rings. The molecule has 3 N–H and O–H groups in total. The van der Waals surface area contributed by atoms with E-state index in [2.05, 4.69) is 0 Å². The van der Waals surface area contributed by atoms with E-state index in [1.165, 1.54) is 4.90 Å². The number of hydrogen-bond donors (Lipinski definition) is 2. The van der Waals surface area contributed by atoms with Gasteiger partial charge < -0.3 is 15.7 Å². The molecule has 0 saturated heterocycles. The van der Waals surface area contributed by atoms with Gasteiger partial charge in [0.15, 0.2) is 0 Å². The fraction of sp³-hybridized carbons (Fsp3) is 0.429. The zero-order valence-electron chi connectivity index (χ0n) is 10.7. The van der Waals surface area contributed by atoms with Crippen LogP contribution in [0.2, 0.25) is 0 Å². The summed E-state index contributed by atoms with van der Waals surface area (Å²) in [5.74, 6) is -0.903. The molecule has 5 heteroatoms. The Bertz CT molecular complexity index is 483. The Morgan fingerprint density at radius 2 is 2.00 bits per heavy atom. The summed E-state index contributed by atoms with van der Waals surface area (Å²) >= 11 is 0. The molecule has 1 aromatic rings. The lowest BCUT2D eigenvalue weighted by atomic mass is 9.84. The van der Waals surface area contributed by atoms with E-state index in [1.54, 1.807) is 24.3 Å². The predicted molar refractivity (Wildman–Crippen MR) is 72.8 cm³/mol. The minimum atomic E-state index is -0.916. The molecule has 1 fully saturated rings.